The second-order valence-corrected chi connectivity index (χ2v) is 8.00. The zero-order chi connectivity index (χ0) is 25.1. The molecule has 0 saturated carbocycles. The van der Waals surface area contributed by atoms with Crippen molar-refractivity contribution < 1.29 is 13.9 Å². The van der Waals surface area contributed by atoms with Crippen molar-refractivity contribution in [2.75, 3.05) is 25.3 Å². The molecule has 0 unspecified atom stereocenters. The summed E-state index contributed by atoms with van der Waals surface area (Å²) in [4.78, 5) is 13.5. The van der Waals surface area contributed by atoms with E-state index in [1.165, 1.54) is 12.3 Å². The van der Waals surface area contributed by atoms with E-state index in [0.29, 0.717) is 52.3 Å². The van der Waals surface area contributed by atoms with Crippen molar-refractivity contribution >= 4 is 22.5 Å². The first-order valence-corrected chi connectivity index (χ1v) is 11.2. The molecule has 2 aromatic carbocycles. The molecule has 0 amide bonds. The second-order valence-electron chi connectivity index (χ2n) is 8.00. The molecule has 0 fully saturated rings. The minimum absolute atomic E-state index is 0.220. The number of halogens is 1. The van der Waals surface area contributed by atoms with Crippen LogP contribution < -0.4 is 20.5 Å². The topological polar surface area (TPSA) is 113 Å². The summed E-state index contributed by atoms with van der Waals surface area (Å²) < 4.78 is 26.7. The summed E-state index contributed by atoms with van der Waals surface area (Å²) in [5, 5.41) is 8.70. The van der Waals surface area contributed by atoms with Gasteiger partial charge in [-0.2, -0.15) is 5.10 Å². The molecule has 0 atom stereocenters. The number of nitrogens with two attached hydrogens (primary N) is 1. The fourth-order valence-corrected chi connectivity index (χ4v) is 3.90. The number of rotatable bonds is 8. The van der Waals surface area contributed by atoms with E-state index in [2.05, 4.69) is 20.3 Å². The molecule has 0 aliphatic heterocycles. The molecule has 10 heteroatoms. The number of anilines is 2. The molecule has 36 heavy (non-hydrogen) atoms. The maximum Gasteiger partial charge on any atom is 0.182 e. The fraction of sp³-hybridized carbons (Fsp3) is 0.154. The average Bonchev–Trinajstić information content (AvgIpc) is 3.28. The van der Waals surface area contributed by atoms with E-state index in [0.717, 1.165) is 10.9 Å². The number of aromatic nitrogens is 5. The highest BCUT2D eigenvalue weighted by Gasteiger charge is 2.18. The van der Waals surface area contributed by atoms with E-state index in [1.54, 1.807) is 43.3 Å². The van der Waals surface area contributed by atoms with Crippen LogP contribution in [-0.4, -0.2) is 39.0 Å². The van der Waals surface area contributed by atoms with Crippen LogP contribution in [0.15, 0.2) is 67.0 Å². The summed E-state index contributed by atoms with van der Waals surface area (Å²) in [7, 11) is 3.21. The number of pyridine rings is 1. The Morgan fingerprint density at radius 3 is 2.67 bits per heavy atom. The van der Waals surface area contributed by atoms with E-state index < -0.39 is 0 Å². The molecule has 0 radical (unpaired) electrons. The lowest BCUT2D eigenvalue weighted by Gasteiger charge is -2.13. The Balaban J connectivity index is 1.47. The lowest BCUT2D eigenvalue weighted by Crippen LogP contribution is -2.08. The Kier molecular flexibility index (Phi) is 6.31. The zero-order valence-corrected chi connectivity index (χ0v) is 19.8. The van der Waals surface area contributed by atoms with Gasteiger partial charge in [-0.3, -0.25) is 0 Å². The maximum absolute atomic E-state index is 14.3. The Morgan fingerprint density at radius 2 is 1.86 bits per heavy atom. The van der Waals surface area contributed by atoms with Gasteiger partial charge in [-0.25, -0.2) is 24.0 Å². The van der Waals surface area contributed by atoms with Gasteiger partial charge in [0.1, 0.15) is 23.0 Å². The molecule has 182 valence electrons. The molecule has 9 nitrogen and oxygen atoms in total. The molecular weight excluding hydrogens is 461 g/mol. The van der Waals surface area contributed by atoms with E-state index in [9.17, 15) is 4.39 Å². The van der Waals surface area contributed by atoms with Gasteiger partial charge < -0.3 is 20.5 Å². The first-order valence-electron chi connectivity index (χ1n) is 11.2. The third-order valence-corrected chi connectivity index (χ3v) is 5.75. The van der Waals surface area contributed by atoms with E-state index in [1.807, 2.05) is 30.3 Å². The highest BCUT2D eigenvalue weighted by molar-refractivity contribution is 5.89. The molecule has 0 spiro atoms. The Labute approximate surface area is 206 Å². The summed E-state index contributed by atoms with van der Waals surface area (Å²) in [5.74, 6) is 1.91. The van der Waals surface area contributed by atoms with Crippen molar-refractivity contribution in [3.63, 3.8) is 0 Å². The molecule has 0 aliphatic rings. The number of nitrogens with one attached hydrogen (secondary N) is 1. The SMILES string of the molecule is COc1ccc(CNc2nc(-c3nn(Cc4ccccc4F)c4ncccc34)ncc2N)c(OC)c1. The van der Waals surface area contributed by atoms with E-state index in [-0.39, 0.29) is 12.4 Å². The number of methoxy groups -OCH3 is 2. The van der Waals surface area contributed by atoms with Crippen molar-refractivity contribution in [2.45, 2.75) is 13.1 Å². The Bertz CT molecular complexity index is 1540. The van der Waals surface area contributed by atoms with Crippen LogP contribution in [0.2, 0.25) is 0 Å². The molecule has 0 saturated heterocycles. The van der Waals surface area contributed by atoms with Gasteiger partial charge in [-0.1, -0.05) is 18.2 Å². The van der Waals surface area contributed by atoms with Gasteiger partial charge in [0.25, 0.3) is 0 Å². The van der Waals surface area contributed by atoms with Crippen LogP contribution in [0.4, 0.5) is 15.9 Å². The Hall–Kier alpha value is -4.73. The number of nitrogens with zero attached hydrogens (tertiary/aromatic N) is 5. The van der Waals surface area contributed by atoms with Crippen LogP contribution in [0.3, 0.4) is 0 Å². The lowest BCUT2D eigenvalue weighted by atomic mass is 10.2. The summed E-state index contributed by atoms with van der Waals surface area (Å²) in [6, 6.07) is 15.9. The van der Waals surface area contributed by atoms with Gasteiger partial charge in [-0.15, -0.1) is 0 Å². The van der Waals surface area contributed by atoms with Crippen LogP contribution in [0, 0.1) is 5.82 Å². The number of hydrogen-bond donors (Lipinski definition) is 2. The number of ether oxygens (including phenoxy) is 2. The number of benzene rings is 2. The van der Waals surface area contributed by atoms with Crippen molar-refractivity contribution in [1.29, 1.82) is 0 Å². The molecular formula is C26H24FN7O2. The van der Waals surface area contributed by atoms with Crippen molar-refractivity contribution in [1.82, 2.24) is 24.7 Å². The third-order valence-electron chi connectivity index (χ3n) is 5.75. The van der Waals surface area contributed by atoms with Crippen LogP contribution in [0.1, 0.15) is 11.1 Å². The second kappa shape index (κ2) is 9.87. The molecule has 0 aliphatic carbocycles. The molecule has 0 bridgehead atoms. The van der Waals surface area contributed by atoms with Gasteiger partial charge in [0, 0.05) is 29.9 Å². The summed E-state index contributed by atoms with van der Waals surface area (Å²) in [6.45, 7) is 0.634. The van der Waals surface area contributed by atoms with Crippen LogP contribution in [-0.2, 0) is 13.1 Å². The number of nitrogen functional groups attached to an aromatic ring is 1. The minimum Gasteiger partial charge on any atom is -0.497 e. The van der Waals surface area contributed by atoms with Gasteiger partial charge in [0.2, 0.25) is 0 Å². The standard InChI is InChI=1S/C26H24FN7O2/c1-35-18-10-9-16(22(12-18)36-2)13-30-24-21(28)14-31-25(32-24)23-19-7-5-11-29-26(19)34(33-23)15-17-6-3-4-8-20(17)27/h3-12,14H,13,15,28H2,1-2H3,(H,30,31,32). The average molecular weight is 486 g/mol. The monoisotopic (exact) mass is 485 g/mol. The smallest absolute Gasteiger partial charge is 0.182 e. The number of hydrogen-bond acceptors (Lipinski definition) is 8. The largest absolute Gasteiger partial charge is 0.497 e. The predicted molar refractivity (Wildman–Crippen MR) is 135 cm³/mol. The van der Waals surface area contributed by atoms with Crippen LogP contribution in [0.5, 0.6) is 11.5 Å². The minimum atomic E-state index is -0.303. The quantitative estimate of drug-likeness (QED) is 0.335. The molecule has 3 heterocycles. The number of fused-ring (bicyclic) bond motifs is 1. The normalized spacial score (nSPS) is 11.0. The summed E-state index contributed by atoms with van der Waals surface area (Å²) in [6.07, 6.45) is 3.21. The highest BCUT2D eigenvalue weighted by atomic mass is 19.1. The molecule has 5 aromatic rings. The van der Waals surface area contributed by atoms with Gasteiger partial charge in [-0.05, 0) is 30.3 Å². The third kappa shape index (κ3) is 4.48. The van der Waals surface area contributed by atoms with Gasteiger partial charge in [0.05, 0.1) is 38.0 Å². The van der Waals surface area contributed by atoms with Gasteiger partial charge >= 0.3 is 0 Å². The highest BCUT2D eigenvalue weighted by Crippen LogP contribution is 2.29. The predicted octanol–water partition coefficient (Wildman–Crippen LogP) is 4.29. The summed E-state index contributed by atoms with van der Waals surface area (Å²) >= 11 is 0. The molecule has 3 N–H and O–H groups in total. The van der Waals surface area contributed by atoms with E-state index in [4.69, 9.17) is 20.3 Å². The van der Waals surface area contributed by atoms with Crippen molar-refractivity contribution in [3.05, 3.63) is 83.9 Å². The Morgan fingerprint density at radius 1 is 1.00 bits per heavy atom. The first-order chi connectivity index (χ1) is 17.6. The lowest BCUT2D eigenvalue weighted by molar-refractivity contribution is 0.391. The molecule has 3 aromatic heterocycles. The molecule has 5 rings (SSSR count). The maximum atomic E-state index is 14.3. The first kappa shape index (κ1) is 23.0. The zero-order valence-electron chi connectivity index (χ0n) is 19.8. The van der Waals surface area contributed by atoms with Crippen LogP contribution >= 0.6 is 0 Å². The van der Waals surface area contributed by atoms with Crippen LogP contribution in [0.25, 0.3) is 22.6 Å². The van der Waals surface area contributed by atoms with E-state index >= 15 is 0 Å². The van der Waals surface area contributed by atoms with Gasteiger partial charge in [0.15, 0.2) is 17.3 Å². The fourth-order valence-electron chi connectivity index (χ4n) is 3.90. The summed E-state index contributed by atoms with van der Waals surface area (Å²) in [5.41, 5.74) is 9.10. The van der Waals surface area contributed by atoms with Crippen molar-refractivity contribution in [3.8, 4) is 23.0 Å². The van der Waals surface area contributed by atoms with Crippen molar-refractivity contribution in [2.24, 2.45) is 0 Å².